The number of hydrogen-bond donors (Lipinski definition) is 1. The Balaban J connectivity index is 2.12. The molecule has 0 spiro atoms. The molecule has 100 valence electrons. The van der Waals surface area contributed by atoms with E-state index in [4.69, 9.17) is 11.6 Å². The highest BCUT2D eigenvalue weighted by Gasteiger charge is 2.28. The zero-order valence-corrected chi connectivity index (χ0v) is 11.7. The summed E-state index contributed by atoms with van der Waals surface area (Å²) in [6, 6.07) is 4.86. The molecule has 1 heterocycles. The second-order valence-corrected chi connectivity index (χ2v) is 7.37. The van der Waals surface area contributed by atoms with Crippen molar-refractivity contribution in [3.63, 3.8) is 0 Å². The van der Waals surface area contributed by atoms with Crippen LogP contribution in [0.1, 0.15) is 12.5 Å². The Hall–Kier alpha value is -0.780. The van der Waals surface area contributed by atoms with Gasteiger partial charge in [-0.2, -0.15) is 0 Å². The largest absolute Gasteiger partial charge is 0.508 e. The van der Waals surface area contributed by atoms with Gasteiger partial charge in [0.15, 0.2) is 9.84 Å². The molecular weight excluding hydrogens is 274 g/mol. The molecule has 0 bridgehead atoms. The van der Waals surface area contributed by atoms with Crippen LogP contribution in [0.5, 0.6) is 5.75 Å². The van der Waals surface area contributed by atoms with E-state index in [-0.39, 0.29) is 23.3 Å². The first-order valence-corrected chi connectivity index (χ1v) is 7.99. The van der Waals surface area contributed by atoms with Crippen molar-refractivity contribution in [3.05, 3.63) is 28.8 Å². The van der Waals surface area contributed by atoms with Gasteiger partial charge in [0.05, 0.1) is 11.5 Å². The van der Waals surface area contributed by atoms with E-state index in [0.717, 1.165) is 5.56 Å². The third-order valence-corrected chi connectivity index (χ3v) is 5.25. The first kappa shape index (κ1) is 13.6. The fraction of sp³-hybridized carbons (Fsp3) is 0.500. The molecule has 1 atom stereocenters. The molecule has 1 saturated heterocycles. The number of hydrogen-bond acceptors (Lipinski definition) is 4. The van der Waals surface area contributed by atoms with Crippen molar-refractivity contribution in [1.82, 2.24) is 4.90 Å². The minimum Gasteiger partial charge on any atom is -0.508 e. The van der Waals surface area contributed by atoms with E-state index in [1.54, 1.807) is 18.2 Å². The molecule has 0 aromatic heterocycles. The van der Waals surface area contributed by atoms with Crippen LogP contribution in [0.2, 0.25) is 5.02 Å². The predicted molar refractivity (Wildman–Crippen MR) is 71.6 cm³/mol. The molecule has 1 aromatic carbocycles. The molecule has 4 nitrogen and oxygen atoms in total. The Bertz CT molecular complexity index is 544. The molecule has 1 aliphatic rings. The van der Waals surface area contributed by atoms with Gasteiger partial charge in [0.2, 0.25) is 0 Å². The maximum atomic E-state index is 11.5. The fourth-order valence-corrected chi connectivity index (χ4v) is 3.99. The molecule has 0 amide bonds. The summed E-state index contributed by atoms with van der Waals surface area (Å²) in [6.45, 7) is 2.90. The van der Waals surface area contributed by atoms with E-state index < -0.39 is 9.84 Å². The number of phenols is 1. The number of nitrogens with zero attached hydrogens (tertiary/aromatic N) is 1. The highest BCUT2D eigenvalue weighted by Crippen LogP contribution is 2.24. The number of phenolic OH excluding ortho intramolecular Hbond substituents is 1. The molecular formula is C12H16ClNO3S. The highest BCUT2D eigenvalue weighted by atomic mass is 35.5. The van der Waals surface area contributed by atoms with Gasteiger partial charge < -0.3 is 5.11 Å². The lowest BCUT2D eigenvalue weighted by Crippen LogP contribution is -2.46. The Morgan fingerprint density at radius 2 is 2.22 bits per heavy atom. The van der Waals surface area contributed by atoms with Crippen LogP contribution in [0, 0.1) is 0 Å². The average molecular weight is 290 g/mol. The Morgan fingerprint density at radius 1 is 1.50 bits per heavy atom. The first-order chi connectivity index (χ1) is 8.37. The third kappa shape index (κ3) is 3.16. The number of aromatic hydroxyl groups is 1. The minimum atomic E-state index is -2.91. The monoisotopic (exact) mass is 289 g/mol. The van der Waals surface area contributed by atoms with Crippen molar-refractivity contribution in [3.8, 4) is 5.75 Å². The molecule has 0 radical (unpaired) electrons. The minimum absolute atomic E-state index is 0.0397. The van der Waals surface area contributed by atoms with E-state index in [0.29, 0.717) is 18.1 Å². The molecule has 1 N–H and O–H groups in total. The fourth-order valence-electron chi connectivity index (χ4n) is 2.17. The standard InChI is InChI=1S/C12H16ClNO3S/c1-9-8-18(16,17)5-4-14(9)7-10-6-11(13)2-3-12(10)15/h2-3,6,9,15H,4-5,7-8H2,1H3. The molecule has 1 unspecified atom stereocenters. The molecule has 0 aliphatic carbocycles. The second kappa shape index (κ2) is 5.07. The summed E-state index contributed by atoms with van der Waals surface area (Å²) in [5.41, 5.74) is 0.730. The van der Waals surface area contributed by atoms with Crippen molar-refractivity contribution in [2.75, 3.05) is 18.1 Å². The topological polar surface area (TPSA) is 57.6 Å². The van der Waals surface area contributed by atoms with E-state index in [2.05, 4.69) is 0 Å². The number of halogens is 1. The molecule has 18 heavy (non-hydrogen) atoms. The van der Waals surface area contributed by atoms with Crippen LogP contribution < -0.4 is 0 Å². The summed E-state index contributed by atoms with van der Waals surface area (Å²) < 4.78 is 23.0. The maximum absolute atomic E-state index is 11.5. The zero-order chi connectivity index (χ0) is 13.3. The maximum Gasteiger partial charge on any atom is 0.153 e. The Labute approximate surface area is 112 Å². The lowest BCUT2D eigenvalue weighted by atomic mass is 10.1. The molecule has 1 fully saturated rings. The summed E-state index contributed by atoms with van der Waals surface area (Å²) in [5.74, 6) is 0.549. The summed E-state index contributed by atoms with van der Waals surface area (Å²) in [7, 11) is -2.91. The van der Waals surface area contributed by atoms with Gasteiger partial charge in [-0.3, -0.25) is 4.90 Å². The number of sulfone groups is 1. The predicted octanol–water partition coefficient (Wildman–Crippen LogP) is 1.66. The quantitative estimate of drug-likeness (QED) is 0.900. The highest BCUT2D eigenvalue weighted by molar-refractivity contribution is 7.91. The smallest absolute Gasteiger partial charge is 0.153 e. The molecule has 2 rings (SSSR count). The zero-order valence-electron chi connectivity index (χ0n) is 10.1. The Kier molecular flexibility index (Phi) is 3.84. The average Bonchev–Trinajstić information content (AvgIpc) is 2.26. The van der Waals surface area contributed by atoms with E-state index >= 15 is 0 Å². The van der Waals surface area contributed by atoms with Gasteiger partial charge >= 0.3 is 0 Å². The number of benzene rings is 1. The summed E-state index contributed by atoms with van der Waals surface area (Å²) in [6.07, 6.45) is 0. The van der Waals surface area contributed by atoms with Gasteiger partial charge in [-0.15, -0.1) is 0 Å². The summed E-state index contributed by atoms with van der Waals surface area (Å²) in [4.78, 5) is 2.05. The van der Waals surface area contributed by atoms with Crippen molar-refractivity contribution in [2.24, 2.45) is 0 Å². The van der Waals surface area contributed by atoms with E-state index in [1.807, 2.05) is 11.8 Å². The number of rotatable bonds is 2. The van der Waals surface area contributed by atoms with Crippen LogP contribution in [-0.4, -0.2) is 42.5 Å². The van der Waals surface area contributed by atoms with Crippen LogP contribution >= 0.6 is 11.6 Å². The van der Waals surface area contributed by atoms with Gasteiger partial charge in [0.1, 0.15) is 5.75 Å². The van der Waals surface area contributed by atoms with Gasteiger partial charge in [0, 0.05) is 29.7 Å². The van der Waals surface area contributed by atoms with E-state index in [1.165, 1.54) is 0 Å². The summed E-state index contributed by atoms with van der Waals surface area (Å²) >= 11 is 5.89. The normalized spacial score (nSPS) is 24.0. The van der Waals surface area contributed by atoms with Crippen LogP contribution in [0.25, 0.3) is 0 Å². The molecule has 0 saturated carbocycles. The lowest BCUT2D eigenvalue weighted by molar-refractivity contribution is 0.215. The van der Waals surface area contributed by atoms with Crippen molar-refractivity contribution in [1.29, 1.82) is 0 Å². The molecule has 1 aliphatic heterocycles. The summed E-state index contributed by atoms with van der Waals surface area (Å²) in [5, 5.41) is 10.3. The van der Waals surface area contributed by atoms with Crippen LogP contribution in [0.4, 0.5) is 0 Å². The SMILES string of the molecule is CC1CS(=O)(=O)CCN1Cc1cc(Cl)ccc1O. The van der Waals surface area contributed by atoms with Crippen LogP contribution in [0.15, 0.2) is 18.2 Å². The lowest BCUT2D eigenvalue weighted by Gasteiger charge is -2.33. The Morgan fingerprint density at radius 3 is 2.89 bits per heavy atom. The van der Waals surface area contributed by atoms with Gasteiger partial charge in [-0.05, 0) is 25.1 Å². The second-order valence-electron chi connectivity index (χ2n) is 4.71. The van der Waals surface area contributed by atoms with Crippen molar-refractivity contribution in [2.45, 2.75) is 19.5 Å². The van der Waals surface area contributed by atoms with Crippen molar-refractivity contribution < 1.29 is 13.5 Å². The molecule has 6 heteroatoms. The first-order valence-electron chi connectivity index (χ1n) is 5.79. The third-order valence-electron chi connectivity index (χ3n) is 3.22. The van der Waals surface area contributed by atoms with Gasteiger partial charge in [-0.1, -0.05) is 11.6 Å². The van der Waals surface area contributed by atoms with Gasteiger partial charge in [-0.25, -0.2) is 8.42 Å². The van der Waals surface area contributed by atoms with E-state index in [9.17, 15) is 13.5 Å². The van der Waals surface area contributed by atoms with Crippen molar-refractivity contribution >= 4 is 21.4 Å². The van der Waals surface area contributed by atoms with Crippen LogP contribution in [-0.2, 0) is 16.4 Å². The van der Waals surface area contributed by atoms with Crippen LogP contribution in [0.3, 0.4) is 0 Å². The van der Waals surface area contributed by atoms with Gasteiger partial charge in [0.25, 0.3) is 0 Å². The molecule has 1 aromatic rings.